The van der Waals surface area contributed by atoms with Crippen molar-refractivity contribution in [1.82, 2.24) is 19.5 Å². The van der Waals surface area contributed by atoms with E-state index in [-0.39, 0.29) is 22.2 Å². The van der Waals surface area contributed by atoms with Crippen LogP contribution in [-0.2, 0) is 10.0 Å². The van der Waals surface area contributed by atoms with Crippen molar-refractivity contribution in [3.05, 3.63) is 59.9 Å². The van der Waals surface area contributed by atoms with Gasteiger partial charge in [-0.2, -0.15) is 9.29 Å². The summed E-state index contributed by atoms with van der Waals surface area (Å²) in [5, 5.41) is 9.13. The van der Waals surface area contributed by atoms with E-state index in [0.29, 0.717) is 24.5 Å². The number of rotatable bonds is 5. The molecular weight excluding hydrogens is 397 g/mol. The van der Waals surface area contributed by atoms with Crippen LogP contribution in [0.3, 0.4) is 0 Å². The second kappa shape index (κ2) is 7.72. The third-order valence-corrected chi connectivity index (χ3v) is 6.52. The summed E-state index contributed by atoms with van der Waals surface area (Å²) in [4.78, 5) is 16.8. The van der Waals surface area contributed by atoms with Crippen molar-refractivity contribution in [2.24, 2.45) is 0 Å². The Labute approximate surface area is 166 Å². The second-order valence-corrected chi connectivity index (χ2v) is 8.55. The summed E-state index contributed by atoms with van der Waals surface area (Å²) in [5.74, 6) is -0.508. The van der Waals surface area contributed by atoms with Crippen LogP contribution in [0.15, 0.2) is 53.4 Å². The normalized spacial score (nSPS) is 14.8. The van der Waals surface area contributed by atoms with Crippen LogP contribution in [0, 0.1) is 5.82 Å². The Morgan fingerprint density at radius 1 is 1.10 bits per heavy atom. The lowest BCUT2D eigenvalue weighted by molar-refractivity contribution is 0.102. The SMILES string of the molecule is O=C(Nc1n[nH]c(-c2ccc(F)cc2)n1)c1cccc(S(=O)(=O)N2CCCC2)c1. The molecule has 0 bridgehead atoms. The van der Waals surface area contributed by atoms with E-state index in [1.165, 1.54) is 52.8 Å². The first-order valence-corrected chi connectivity index (χ1v) is 10.5. The zero-order valence-electron chi connectivity index (χ0n) is 15.3. The molecule has 2 N–H and O–H groups in total. The number of anilines is 1. The summed E-state index contributed by atoms with van der Waals surface area (Å²) in [6.07, 6.45) is 1.67. The van der Waals surface area contributed by atoms with E-state index in [1.54, 1.807) is 0 Å². The molecule has 10 heteroatoms. The van der Waals surface area contributed by atoms with Crippen LogP contribution in [-0.4, -0.2) is 46.9 Å². The molecule has 4 rings (SSSR count). The smallest absolute Gasteiger partial charge is 0.258 e. The lowest BCUT2D eigenvalue weighted by Crippen LogP contribution is -2.28. The fourth-order valence-corrected chi connectivity index (χ4v) is 4.67. The summed E-state index contributed by atoms with van der Waals surface area (Å²) in [6.45, 7) is 0.976. The number of carbonyl (C=O) groups excluding carboxylic acids is 1. The molecule has 1 fully saturated rings. The Morgan fingerprint density at radius 3 is 2.55 bits per heavy atom. The molecule has 0 aliphatic carbocycles. The first-order chi connectivity index (χ1) is 13.9. The number of aromatic nitrogens is 3. The Morgan fingerprint density at radius 2 is 1.83 bits per heavy atom. The van der Waals surface area contributed by atoms with Gasteiger partial charge in [0.25, 0.3) is 5.91 Å². The number of amides is 1. The molecular formula is C19H18FN5O3S. The molecule has 0 saturated carbocycles. The maximum atomic E-state index is 13.0. The lowest BCUT2D eigenvalue weighted by Gasteiger charge is -2.15. The summed E-state index contributed by atoms with van der Waals surface area (Å²) in [6, 6.07) is 11.5. The second-order valence-electron chi connectivity index (χ2n) is 6.61. The van der Waals surface area contributed by atoms with Crippen molar-refractivity contribution in [3.63, 3.8) is 0 Å². The van der Waals surface area contributed by atoms with Crippen LogP contribution in [0.1, 0.15) is 23.2 Å². The standard InChI is InChI=1S/C19H18FN5O3S/c20-15-8-6-13(7-9-15)17-21-19(24-23-17)22-18(26)14-4-3-5-16(12-14)29(27,28)25-10-1-2-11-25/h3-9,12H,1-2,10-11H2,(H2,21,22,23,24,26). The number of sulfonamides is 1. The van der Waals surface area contributed by atoms with Gasteiger partial charge in [0.1, 0.15) is 5.82 Å². The first kappa shape index (κ1) is 19.2. The highest BCUT2D eigenvalue weighted by Crippen LogP contribution is 2.22. The van der Waals surface area contributed by atoms with E-state index < -0.39 is 15.9 Å². The molecule has 0 spiro atoms. The minimum absolute atomic E-state index is 0.0297. The molecule has 29 heavy (non-hydrogen) atoms. The zero-order valence-corrected chi connectivity index (χ0v) is 16.1. The molecule has 1 aliphatic heterocycles. The summed E-state index contributed by atoms with van der Waals surface area (Å²) in [5.41, 5.74) is 0.788. The molecule has 0 radical (unpaired) electrons. The third-order valence-electron chi connectivity index (χ3n) is 4.63. The van der Waals surface area contributed by atoms with Crippen LogP contribution in [0.2, 0.25) is 0 Å². The van der Waals surface area contributed by atoms with Crippen molar-refractivity contribution in [1.29, 1.82) is 0 Å². The minimum Gasteiger partial charge on any atom is -0.289 e. The van der Waals surface area contributed by atoms with Crippen LogP contribution >= 0.6 is 0 Å². The molecule has 2 heterocycles. The fraction of sp³-hybridized carbons (Fsp3) is 0.211. The van der Waals surface area contributed by atoms with E-state index in [9.17, 15) is 17.6 Å². The van der Waals surface area contributed by atoms with Gasteiger partial charge in [-0.05, 0) is 55.3 Å². The summed E-state index contributed by atoms with van der Waals surface area (Å²) in [7, 11) is -3.62. The van der Waals surface area contributed by atoms with Gasteiger partial charge in [0, 0.05) is 24.2 Å². The number of nitrogens with one attached hydrogen (secondary N) is 2. The average Bonchev–Trinajstić information content (AvgIpc) is 3.41. The largest absolute Gasteiger partial charge is 0.289 e. The van der Waals surface area contributed by atoms with E-state index in [2.05, 4.69) is 20.5 Å². The topological polar surface area (TPSA) is 108 Å². The van der Waals surface area contributed by atoms with Crippen molar-refractivity contribution in [2.75, 3.05) is 18.4 Å². The van der Waals surface area contributed by atoms with Crippen molar-refractivity contribution in [2.45, 2.75) is 17.7 Å². The molecule has 1 aromatic heterocycles. The molecule has 0 unspecified atom stereocenters. The minimum atomic E-state index is -3.62. The molecule has 1 amide bonds. The van der Waals surface area contributed by atoms with Crippen LogP contribution in [0.5, 0.6) is 0 Å². The van der Waals surface area contributed by atoms with Crippen LogP contribution < -0.4 is 5.32 Å². The Kier molecular flexibility index (Phi) is 5.12. The highest BCUT2D eigenvalue weighted by atomic mass is 32.2. The number of nitrogens with zero attached hydrogens (tertiary/aromatic N) is 3. The Hall–Kier alpha value is -3.11. The maximum absolute atomic E-state index is 13.0. The predicted molar refractivity (Wildman–Crippen MR) is 104 cm³/mol. The van der Waals surface area contributed by atoms with E-state index in [0.717, 1.165) is 12.8 Å². The van der Waals surface area contributed by atoms with Gasteiger partial charge in [0.2, 0.25) is 16.0 Å². The molecule has 3 aromatic rings. The molecule has 2 aromatic carbocycles. The molecule has 150 valence electrons. The van der Waals surface area contributed by atoms with Gasteiger partial charge in [-0.1, -0.05) is 6.07 Å². The highest BCUT2D eigenvalue weighted by Gasteiger charge is 2.27. The van der Waals surface area contributed by atoms with Gasteiger partial charge < -0.3 is 0 Å². The molecule has 1 aliphatic rings. The Bertz CT molecular complexity index is 1140. The van der Waals surface area contributed by atoms with Crippen LogP contribution in [0.25, 0.3) is 11.4 Å². The van der Waals surface area contributed by atoms with Crippen molar-refractivity contribution >= 4 is 21.9 Å². The maximum Gasteiger partial charge on any atom is 0.258 e. The van der Waals surface area contributed by atoms with E-state index in [4.69, 9.17) is 0 Å². The molecule has 1 saturated heterocycles. The predicted octanol–water partition coefficient (Wildman–Crippen LogP) is 2.65. The monoisotopic (exact) mass is 415 g/mol. The summed E-state index contributed by atoms with van der Waals surface area (Å²) >= 11 is 0. The van der Waals surface area contributed by atoms with Gasteiger partial charge in [-0.25, -0.2) is 12.8 Å². The van der Waals surface area contributed by atoms with Gasteiger partial charge in [0.15, 0.2) is 5.82 Å². The fourth-order valence-electron chi connectivity index (χ4n) is 3.10. The van der Waals surface area contributed by atoms with Gasteiger partial charge in [0.05, 0.1) is 4.90 Å². The number of benzene rings is 2. The number of halogens is 1. The summed E-state index contributed by atoms with van der Waals surface area (Å²) < 4.78 is 39.8. The Balaban J connectivity index is 1.51. The molecule has 0 atom stereocenters. The quantitative estimate of drug-likeness (QED) is 0.666. The van der Waals surface area contributed by atoms with Gasteiger partial charge >= 0.3 is 0 Å². The average molecular weight is 415 g/mol. The molecule has 8 nitrogen and oxygen atoms in total. The number of hydrogen-bond acceptors (Lipinski definition) is 5. The first-order valence-electron chi connectivity index (χ1n) is 9.03. The van der Waals surface area contributed by atoms with Crippen LogP contribution in [0.4, 0.5) is 10.3 Å². The number of aromatic amines is 1. The highest BCUT2D eigenvalue weighted by molar-refractivity contribution is 7.89. The van der Waals surface area contributed by atoms with E-state index >= 15 is 0 Å². The van der Waals surface area contributed by atoms with Gasteiger partial charge in [-0.15, -0.1) is 5.10 Å². The lowest BCUT2D eigenvalue weighted by atomic mass is 10.2. The zero-order chi connectivity index (χ0) is 20.4. The van der Waals surface area contributed by atoms with Crippen molar-refractivity contribution in [3.8, 4) is 11.4 Å². The van der Waals surface area contributed by atoms with Gasteiger partial charge in [-0.3, -0.25) is 15.2 Å². The number of carbonyl (C=O) groups is 1. The number of hydrogen-bond donors (Lipinski definition) is 2. The third kappa shape index (κ3) is 4.03. The number of H-pyrrole nitrogens is 1. The van der Waals surface area contributed by atoms with Crippen molar-refractivity contribution < 1.29 is 17.6 Å². The van der Waals surface area contributed by atoms with E-state index in [1.807, 2.05) is 0 Å².